The van der Waals surface area contributed by atoms with Gasteiger partial charge in [-0.3, -0.25) is 14.6 Å². The molecule has 0 aromatic carbocycles. The summed E-state index contributed by atoms with van der Waals surface area (Å²) in [6.45, 7) is 9.72. The van der Waals surface area contributed by atoms with Crippen LogP contribution in [0.3, 0.4) is 0 Å². The van der Waals surface area contributed by atoms with E-state index in [9.17, 15) is 4.79 Å². The lowest BCUT2D eigenvalue weighted by molar-refractivity contribution is 0.0691. The molecular formula is C20H28N4O2S. The van der Waals surface area contributed by atoms with Gasteiger partial charge < -0.3 is 9.32 Å². The van der Waals surface area contributed by atoms with E-state index in [0.717, 1.165) is 58.7 Å². The Balaban J connectivity index is 1.25. The Labute approximate surface area is 164 Å². The molecule has 0 aliphatic carbocycles. The molecule has 146 valence electrons. The first-order chi connectivity index (χ1) is 13.2. The summed E-state index contributed by atoms with van der Waals surface area (Å²) in [4.78, 5) is 25.2. The third-order valence-corrected chi connectivity index (χ3v) is 6.49. The van der Waals surface area contributed by atoms with Crippen LogP contribution >= 0.6 is 11.3 Å². The normalized spacial score (nSPS) is 20.3. The molecule has 27 heavy (non-hydrogen) atoms. The third kappa shape index (κ3) is 4.78. The van der Waals surface area contributed by atoms with E-state index in [4.69, 9.17) is 4.42 Å². The van der Waals surface area contributed by atoms with E-state index in [1.54, 1.807) is 0 Å². The second-order valence-electron chi connectivity index (χ2n) is 7.73. The minimum absolute atomic E-state index is 0.0117. The Kier molecular flexibility index (Phi) is 5.90. The number of carbonyl (C=O) groups is 1. The summed E-state index contributed by atoms with van der Waals surface area (Å²) in [6.07, 6.45) is 3.68. The summed E-state index contributed by atoms with van der Waals surface area (Å²) in [5.41, 5.74) is 0.455. The fourth-order valence-corrected chi connectivity index (χ4v) is 4.52. The van der Waals surface area contributed by atoms with E-state index >= 15 is 0 Å². The monoisotopic (exact) mass is 388 g/mol. The van der Waals surface area contributed by atoms with Crippen molar-refractivity contribution in [2.75, 3.05) is 39.3 Å². The van der Waals surface area contributed by atoms with Gasteiger partial charge in [-0.05, 0) is 30.2 Å². The molecule has 7 heteroatoms. The molecule has 6 nitrogen and oxygen atoms in total. The molecule has 2 saturated heterocycles. The van der Waals surface area contributed by atoms with Crippen molar-refractivity contribution in [1.82, 2.24) is 19.7 Å². The summed E-state index contributed by atoms with van der Waals surface area (Å²) in [7, 11) is 0. The van der Waals surface area contributed by atoms with Gasteiger partial charge in [0.25, 0.3) is 5.91 Å². The Morgan fingerprint density at radius 1 is 1.15 bits per heavy atom. The predicted molar refractivity (Wildman–Crippen MR) is 106 cm³/mol. The molecule has 2 aromatic rings. The fourth-order valence-electron chi connectivity index (χ4n) is 3.78. The fraction of sp³-hybridized carbons (Fsp3) is 0.600. The zero-order valence-corrected chi connectivity index (χ0v) is 16.8. The quantitative estimate of drug-likeness (QED) is 0.788. The molecule has 0 bridgehead atoms. The highest BCUT2D eigenvalue weighted by Gasteiger charge is 2.25. The highest BCUT2D eigenvalue weighted by atomic mass is 32.1. The van der Waals surface area contributed by atoms with E-state index in [0.29, 0.717) is 24.0 Å². The van der Waals surface area contributed by atoms with Gasteiger partial charge in [0.1, 0.15) is 6.26 Å². The topological polar surface area (TPSA) is 52.8 Å². The van der Waals surface area contributed by atoms with Gasteiger partial charge >= 0.3 is 0 Å². The van der Waals surface area contributed by atoms with E-state index in [2.05, 4.69) is 39.2 Å². The van der Waals surface area contributed by atoms with Crippen LogP contribution in [0.25, 0.3) is 0 Å². The Morgan fingerprint density at radius 2 is 1.85 bits per heavy atom. The van der Waals surface area contributed by atoms with Crippen molar-refractivity contribution in [2.24, 2.45) is 5.92 Å². The summed E-state index contributed by atoms with van der Waals surface area (Å²) in [5.74, 6) is 1.37. The van der Waals surface area contributed by atoms with Crippen LogP contribution in [-0.2, 0) is 13.1 Å². The van der Waals surface area contributed by atoms with Crippen molar-refractivity contribution in [3.8, 4) is 0 Å². The van der Waals surface area contributed by atoms with Crippen LogP contribution in [0.15, 0.2) is 28.2 Å². The third-order valence-electron chi connectivity index (χ3n) is 5.63. The van der Waals surface area contributed by atoms with Crippen molar-refractivity contribution in [3.05, 3.63) is 40.2 Å². The molecule has 4 rings (SSSR count). The van der Waals surface area contributed by atoms with Crippen LogP contribution in [0.5, 0.6) is 0 Å². The zero-order valence-electron chi connectivity index (χ0n) is 16.0. The molecule has 0 spiro atoms. The Hall–Kier alpha value is -1.70. The number of oxazole rings is 1. The van der Waals surface area contributed by atoms with E-state index in [1.165, 1.54) is 11.1 Å². The van der Waals surface area contributed by atoms with Crippen molar-refractivity contribution >= 4 is 17.2 Å². The first-order valence-electron chi connectivity index (χ1n) is 9.88. The van der Waals surface area contributed by atoms with Crippen LogP contribution < -0.4 is 0 Å². The highest BCUT2D eigenvalue weighted by Crippen LogP contribution is 2.19. The maximum atomic E-state index is 12.6. The number of carbonyl (C=O) groups excluding carboxylic acids is 1. The maximum absolute atomic E-state index is 12.6. The lowest BCUT2D eigenvalue weighted by atomic mass is 9.99. The molecule has 4 heterocycles. The first kappa shape index (κ1) is 18.7. The van der Waals surface area contributed by atoms with Gasteiger partial charge in [-0.2, -0.15) is 0 Å². The number of rotatable bonds is 5. The number of piperazine rings is 1. The van der Waals surface area contributed by atoms with E-state index in [-0.39, 0.29) is 5.91 Å². The molecule has 2 aliphatic heterocycles. The van der Waals surface area contributed by atoms with Gasteiger partial charge in [0, 0.05) is 50.7 Å². The van der Waals surface area contributed by atoms with Crippen LogP contribution in [0, 0.1) is 5.92 Å². The highest BCUT2D eigenvalue weighted by molar-refractivity contribution is 7.09. The smallest absolute Gasteiger partial charge is 0.275 e. The van der Waals surface area contributed by atoms with Crippen LogP contribution in [0.4, 0.5) is 0 Å². The average Bonchev–Trinajstić information content (AvgIpc) is 3.36. The standard InChI is InChI=1S/C20H28N4O2S/c1-16-4-6-24(7-5-16)20(25)18-15-26-19(21-18)14-23-10-8-22(9-11-23)13-17-3-2-12-27-17/h2-3,12,15-16H,4-11,13-14H2,1H3. The lowest BCUT2D eigenvalue weighted by Gasteiger charge is -2.33. The molecule has 2 aromatic heterocycles. The molecule has 0 N–H and O–H groups in total. The lowest BCUT2D eigenvalue weighted by Crippen LogP contribution is -2.45. The number of piperidine rings is 1. The van der Waals surface area contributed by atoms with Crippen molar-refractivity contribution in [1.29, 1.82) is 0 Å². The van der Waals surface area contributed by atoms with Gasteiger partial charge in [-0.15, -0.1) is 11.3 Å². The van der Waals surface area contributed by atoms with Gasteiger partial charge in [-0.1, -0.05) is 13.0 Å². The van der Waals surface area contributed by atoms with Crippen molar-refractivity contribution in [3.63, 3.8) is 0 Å². The summed E-state index contributed by atoms with van der Waals surface area (Å²) in [5, 5.41) is 2.14. The number of likely N-dealkylation sites (tertiary alicyclic amines) is 1. The second kappa shape index (κ2) is 8.54. The largest absolute Gasteiger partial charge is 0.447 e. The summed E-state index contributed by atoms with van der Waals surface area (Å²) in [6, 6.07) is 4.31. The number of hydrogen-bond acceptors (Lipinski definition) is 6. The van der Waals surface area contributed by atoms with Crippen LogP contribution in [0.1, 0.15) is 41.0 Å². The minimum atomic E-state index is 0.0117. The summed E-state index contributed by atoms with van der Waals surface area (Å²) >= 11 is 1.82. The molecule has 0 saturated carbocycles. The first-order valence-corrected chi connectivity index (χ1v) is 10.8. The molecule has 0 atom stereocenters. The average molecular weight is 389 g/mol. The zero-order chi connectivity index (χ0) is 18.6. The molecule has 0 radical (unpaired) electrons. The maximum Gasteiger partial charge on any atom is 0.275 e. The molecule has 2 aliphatic rings. The molecule has 2 fully saturated rings. The number of aromatic nitrogens is 1. The van der Waals surface area contributed by atoms with Gasteiger partial charge in [0.2, 0.25) is 5.89 Å². The van der Waals surface area contributed by atoms with Gasteiger partial charge in [0.15, 0.2) is 5.69 Å². The number of hydrogen-bond donors (Lipinski definition) is 0. The molecule has 1 amide bonds. The minimum Gasteiger partial charge on any atom is -0.447 e. The van der Waals surface area contributed by atoms with Crippen LogP contribution in [-0.4, -0.2) is 64.9 Å². The molecule has 0 unspecified atom stereocenters. The van der Waals surface area contributed by atoms with E-state index in [1.807, 2.05) is 16.2 Å². The SMILES string of the molecule is CC1CCN(C(=O)c2coc(CN3CCN(Cc4cccs4)CC3)n2)CC1. The number of nitrogens with zero attached hydrogens (tertiary/aromatic N) is 4. The predicted octanol–water partition coefficient (Wildman–Crippen LogP) is 2.93. The van der Waals surface area contributed by atoms with Crippen molar-refractivity contribution < 1.29 is 9.21 Å². The second-order valence-corrected chi connectivity index (χ2v) is 8.77. The Morgan fingerprint density at radius 3 is 2.52 bits per heavy atom. The van der Waals surface area contributed by atoms with E-state index < -0.39 is 0 Å². The molecular weight excluding hydrogens is 360 g/mol. The van der Waals surface area contributed by atoms with Crippen molar-refractivity contribution in [2.45, 2.75) is 32.9 Å². The number of amides is 1. The van der Waals surface area contributed by atoms with Crippen LogP contribution in [0.2, 0.25) is 0 Å². The summed E-state index contributed by atoms with van der Waals surface area (Å²) < 4.78 is 5.60. The Bertz CT molecular complexity index is 729. The van der Waals surface area contributed by atoms with Gasteiger partial charge in [-0.25, -0.2) is 4.98 Å². The number of thiophene rings is 1. The van der Waals surface area contributed by atoms with Gasteiger partial charge in [0.05, 0.1) is 6.54 Å².